The second kappa shape index (κ2) is 1.97. The summed E-state index contributed by atoms with van der Waals surface area (Å²) in [5.74, 6) is 0. The van der Waals surface area contributed by atoms with Gasteiger partial charge < -0.3 is 0 Å². The van der Waals surface area contributed by atoms with Crippen LogP contribution in [0.15, 0.2) is 3.50 Å². The van der Waals surface area contributed by atoms with Gasteiger partial charge in [0.05, 0.1) is 0 Å². The van der Waals surface area contributed by atoms with E-state index in [0.717, 1.165) is 0 Å². The zero-order valence-corrected chi connectivity index (χ0v) is 7.29. The van der Waals surface area contributed by atoms with Crippen LogP contribution in [0.3, 0.4) is 0 Å². The molecule has 0 heterocycles. The van der Waals surface area contributed by atoms with Crippen molar-refractivity contribution in [1.82, 2.24) is 0 Å². The van der Waals surface area contributed by atoms with Crippen molar-refractivity contribution in [1.29, 1.82) is 0 Å². The Hall–Kier alpha value is 0.488. The van der Waals surface area contributed by atoms with Crippen LogP contribution in [-0.4, -0.2) is 5.54 Å². The summed E-state index contributed by atoms with van der Waals surface area (Å²) in [6, 6.07) is 0. The Morgan fingerprint density at radius 2 is 1.50 bits per heavy atom. The molecule has 0 aliphatic heterocycles. The molecule has 0 N–H and O–H groups in total. The molecule has 0 fully saturated rings. The molecule has 0 aromatic carbocycles. The number of nitrogens with zero attached hydrogens (tertiary/aromatic N) is 1. The zero-order chi connectivity index (χ0) is 5.21. The Labute approximate surface area is 49.9 Å². The molecule has 0 spiro atoms. The van der Waals surface area contributed by atoms with Gasteiger partial charge in [-0.05, 0) is 0 Å². The molecule has 0 saturated carbocycles. The number of hydrogen-bond acceptors (Lipinski definition) is 1. The van der Waals surface area contributed by atoms with Crippen LogP contribution in [0.5, 0.6) is 0 Å². The molecule has 0 bridgehead atoms. The Kier molecular flexibility index (Phi) is 2.13. The van der Waals surface area contributed by atoms with Gasteiger partial charge in [0.1, 0.15) is 0 Å². The molecule has 0 amide bonds. The molecule has 0 saturated heterocycles. The monoisotopic (exact) mass is 255 g/mol. The molecular formula is C4H9NW. The first-order valence-electron chi connectivity index (χ1n) is 1.91. The van der Waals surface area contributed by atoms with E-state index in [2.05, 4.69) is 24.3 Å². The van der Waals surface area contributed by atoms with Gasteiger partial charge in [-0.1, -0.05) is 0 Å². The predicted molar refractivity (Wildman–Crippen MR) is 22.2 cm³/mol. The topological polar surface area (TPSA) is 12.4 Å². The molecule has 0 radical (unpaired) electrons. The van der Waals surface area contributed by atoms with Crippen LogP contribution in [0.1, 0.15) is 20.8 Å². The Balaban J connectivity index is 3.45. The van der Waals surface area contributed by atoms with Crippen LogP contribution in [0.4, 0.5) is 0 Å². The first-order valence-corrected chi connectivity index (χ1v) is 3.22. The van der Waals surface area contributed by atoms with Crippen LogP contribution in [-0.2, 0) is 19.6 Å². The van der Waals surface area contributed by atoms with E-state index in [1.807, 2.05) is 0 Å². The molecule has 0 unspecified atom stereocenters. The van der Waals surface area contributed by atoms with Gasteiger partial charge in [0.2, 0.25) is 0 Å². The SMILES string of the molecule is CC(C)(C)[N]=[W]. The first kappa shape index (κ1) is 6.49. The molecule has 0 aliphatic carbocycles. The van der Waals surface area contributed by atoms with E-state index >= 15 is 0 Å². The second-order valence-electron chi connectivity index (χ2n) is 2.26. The summed E-state index contributed by atoms with van der Waals surface area (Å²) >= 11 is 1.32. The molecule has 6 heavy (non-hydrogen) atoms. The molecular weight excluding hydrogens is 246 g/mol. The van der Waals surface area contributed by atoms with E-state index in [1.54, 1.807) is 0 Å². The van der Waals surface area contributed by atoms with Crippen molar-refractivity contribution in [3.63, 3.8) is 0 Å². The van der Waals surface area contributed by atoms with Gasteiger partial charge in [0.15, 0.2) is 0 Å². The molecule has 1 nitrogen and oxygen atoms in total. The van der Waals surface area contributed by atoms with E-state index in [1.165, 1.54) is 19.6 Å². The van der Waals surface area contributed by atoms with Gasteiger partial charge in [-0.2, -0.15) is 0 Å². The third-order valence-electron chi connectivity index (χ3n) is 0.274. The Morgan fingerprint density at radius 1 is 1.33 bits per heavy atom. The summed E-state index contributed by atoms with van der Waals surface area (Å²) in [6.45, 7) is 6.29. The molecule has 2 heteroatoms. The molecule has 0 aromatic heterocycles. The van der Waals surface area contributed by atoms with E-state index in [-0.39, 0.29) is 5.54 Å². The van der Waals surface area contributed by atoms with Crippen molar-refractivity contribution in [2.75, 3.05) is 0 Å². The number of rotatable bonds is 0. The second-order valence-corrected chi connectivity index (χ2v) is 2.92. The molecule has 0 aliphatic rings. The van der Waals surface area contributed by atoms with E-state index in [0.29, 0.717) is 0 Å². The van der Waals surface area contributed by atoms with Gasteiger partial charge in [-0.3, -0.25) is 0 Å². The van der Waals surface area contributed by atoms with Crippen molar-refractivity contribution >= 4 is 0 Å². The van der Waals surface area contributed by atoms with Crippen LogP contribution < -0.4 is 0 Å². The maximum absolute atomic E-state index is 4.10. The van der Waals surface area contributed by atoms with Crippen LogP contribution in [0.2, 0.25) is 0 Å². The van der Waals surface area contributed by atoms with E-state index in [4.69, 9.17) is 0 Å². The Morgan fingerprint density at radius 3 is 1.50 bits per heavy atom. The van der Waals surface area contributed by atoms with Gasteiger partial charge in [-0.15, -0.1) is 0 Å². The van der Waals surface area contributed by atoms with Crippen molar-refractivity contribution in [3.05, 3.63) is 0 Å². The van der Waals surface area contributed by atoms with E-state index < -0.39 is 0 Å². The first-order chi connectivity index (χ1) is 2.56. The van der Waals surface area contributed by atoms with Crippen molar-refractivity contribution in [3.8, 4) is 0 Å². The number of hydrogen-bond donors (Lipinski definition) is 0. The minimum absolute atomic E-state index is 0.204. The van der Waals surface area contributed by atoms with Gasteiger partial charge >= 0.3 is 49.4 Å². The van der Waals surface area contributed by atoms with Crippen LogP contribution >= 0.6 is 0 Å². The van der Waals surface area contributed by atoms with Crippen molar-refractivity contribution < 1.29 is 19.6 Å². The van der Waals surface area contributed by atoms with Crippen molar-refractivity contribution in [2.45, 2.75) is 26.3 Å². The van der Waals surface area contributed by atoms with Gasteiger partial charge in [-0.25, -0.2) is 0 Å². The summed E-state index contributed by atoms with van der Waals surface area (Å²) in [7, 11) is 0. The molecule has 0 aromatic rings. The fourth-order valence-corrected chi connectivity index (χ4v) is 0. The molecule has 36 valence electrons. The van der Waals surface area contributed by atoms with Crippen molar-refractivity contribution in [2.24, 2.45) is 3.50 Å². The standard InChI is InChI=1S/C4H9N.W/c1-4(2,3)5;/h1-3H3;. The zero-order valence-electron chi connectivity index (χ0n) is 4.36. The Bertz CT molecular complexity index is 53.1. The summed E-state index contributed by atoms with van der Waals surface area (Å²) in [5.41, 5.74) is 0.204. The van der Waals surface area contributed by atoms with E-state index in [9.17, 15) is 0 Å². The fraction of sp³-hybridized carbons (Fsp3) is 1.00. The maximum atomic E-state index is 4.10. The normalized spacial score (nSPS) is 11.2. The molecule has 0 rings (SSSR count). The average molecular weight is 255 g/mol. The quantitative estimate of drug-likeness (QED) is 0.622. The van der Waals surface area contributed by atoms with Crippen LogP contribution in [0.25, 0.3) is 0 Å². The summed E-state index contributed by atoms with van der Waals surface area (Å²) in [5, 5.41) is 0. The fourth-order valence-electron chi connectivity index (χ4n) is 0. The third kappa shape index (κ3) is 4.49. The summed E-state index contributed by atoms with van der Waals surface area (Å²) < 4.78 is 4.10. The molecule has 0 atom stereocenters. The minimum atomic E-state index is 0.204. The average Bonchev–Trinajstić information content (AvgIpc) is 1.35. The van der Waals surface area contributed by atoms with Crippen LogP contribution in [0, 0.1) is 0 Å². The summed E-state index contributed by atoms with van der Waals surface area (Å²) in [6.07, 6.45) is 0. The predicted octanol–water partition coefficient (Wildman–Crippen LogP) is 1.52. The summed E-state index contributed by atoms with van der Waals surface area (Å²) in [4.78, 5) is 0. The third-order valence-corrected chi connectivity index (χ3v) is 2.24. The van der Waals surface area contributed by atoms with Gasteiger partial charge in [0, 0.05) is 0 Å². The van der Waals surface area contributed by atoms with Gasteiger partial charge in [0.25, 0.3) is 0 Å².